The van der Waals surface area contributed by atoms with E-state index in [0.29, 0.717) is 0 Å². The minimum Gasteiger partial charge on any atom is -0.313 e. The van der Waals surface area contributed by atoms with Crippen molar-refractivity contribution in [2.24, 2.45) is 0 Å². The number of aromatic nitrogens is 2. The SMILES string of the molecule is CNC(C)c1ccccc1-n1nc(C)c(Cl)c1C. The lowest BCUT2D eigenvalue weighted by Gasteiger charge is -2.16. The quantitative estimate of drug-likeness (QED) is 0.920. The molecule has 18 heavy (non-hydrogen) atoms. The Kier molecular flexibility index (Phi) is 3.73. The van der Waals surface area contributed by atoms with Crippen molar-refractivity contribution >= 4 is 11.6 Å². The predicted molar refractivity (Wildman–Crippen MR) is 75.5 cm³/mol. The average molecular weight is 264 g/mol. The van der Waals surface area contributed by atoms with E-state index >= 15 is 0 Å². The summed E-state index contributed by atoms with van der Waals surface area (Å²) in [6, 6.07) is 8.51. The van der Waals surface area contributed by atoms with Crippen LogP contribution in [0.1, 0.15) is 29.9 Å². The van der Waals surface area contributed by atoms with Crippen molar-refractivity contribution in [3.8, 4) is 5.69 Å². The molecule has 0 radical (unpaired) electrons. The van der Waals surface area contributed by atoms with Crippen molar-refractivity contribution in [3.05, 3.63) is 46.2 Å². The molecule has 2 rings (SSSR count). The van der Waals surface area contributed by atoms with Gasteiger partial charge >= 0.3 is 0 Å². The first-order valence-electron chi connectivity index (χ1n) is 6.04. The highest BCUT2D eigenvalue weighted by atomic mass is 35.5. The smallest absolute Gasteiger partial charge is 0.0848 e. The molecule has 0 spiro atoms. The fourth-order valence-electron chi connectivity index (χ4n) is 2.06. The highest BCUT2D eigenvalue weighted by Crippen LogP contribution is 2.26. The zero-order chi connectivity index (χ0) is 13.3. The molecular formula is C14H18ClN3. The lowest BCUT2D eigenvalue weighted by atomic mass is 10.1. The van der Waals surface area contributed by atoms with Crippen LogP contribution in [0.15, 0.2) is 24.3 Å². The summed E-state index contributed by atoms with van der Waals surface area (Å²) in [4.78, 5) is 0. The number of nitrogens with zero attached hydrogens (tertiary/aromatic N) is 2. The van der Waals surface area contributed by atoms with Gasteiger partial charge in [-0.15, -0.1) is 0 Å². The van der Waals surface area contributed by atoms with Gasteiger partial charge in [0.2, 0.25) is 0 Å². The summed E-state index contributed by atoms with van der Waals surface area (Å²) in [6.07, 6.45) is 0. The second-order valence-corrected chi connectivity index (χ2v) is 4.84. The molecule has 0 aliphatic heterocycles. The molecule has 0 bridgehead atoms. The largest absolute Gasteiger partial charge is 0.313 e. The number of aryl methyl sites for hydroxylation is 1. The molecule has 4 heteroatoms. The van der Waals surface area contributed by atoms with Gasteiger partial charge in [-0.05, 0) is 39.4 Å². The Morgan fingerprint density at radius 1 is 1.28 bits per heavy atom. The van der Waals surface area contributed by atoms with Crippen molar-refractivity contribution in [2.75, 3.05) is 7.05 Å². The van der Waals surface area contributed by atoms with Gasteiger partial charge in [-0.3, -0.25) is 0 Å². The van der Waals surface area contributed by atoms with E-state index in [2.05, 4.69) is 29.5 Å². The van der Waals surface area contributed by atoms with Crippen LogP contribution in [-0.2, 0) is 0 Å². The summed E-state index contributed by atoms with van der Waals surface area (Å²) in [6.45, 7) is 6.05. The normalized spacial score (nSPS) is 12.7. The Labute approximate surface area is 113 Å². The van der Waals surface area contributed by atoms with Crippen molar-refractivity contribution in [3.63, 3.8) is 0 Å². The molecule has 2 aromatic rings. The molecule has 1 aromatic carbocycles. The standard InChI is InChI=1S/C14H18ClN3/c1-9(16-4)12-7-5-6-8-13(12)18-11(3)14(15)10(2)17-18/h5-9,16H,1-4H3. The van der Waals surface area contributed by atoms with Crippen LogP contribution in [0.4, 0.5) is 0 Å². The molecule has 0 fully saturated rings. The summed E-state index contributed by atoms with van der Waals surface area (Å²) in [5.74, 6) is 0. The lowest BCUT2D eigenvalue weighted by Crippen LogP contribution is -2.15. The average Bonchev–Trinajstić information content (AvgIpc) is 2.65. The number of nitrogens with one attached hydrogen (secondary N) is 1. The minimum atomic E-state index is 0.267. The fraction of sp³-hybridized carbons (Fsp3) is 0.357. The van der Waals surface area contributed by atoms with Crippen molar-refractivity contribution in [1.29, 1.82) is 0 Å². The summed E-state index contributed by atoms with van der Waals surface area (Å²) in [5, 5.41) is 8.51. The first-order valence-corrected chi connectivity index (χ1v) is 6.42. The van der Waals surface area contributed by atoms with E-state index in [1.165, 1.54) is 5.56 Å². The molecule has 1 unspecified atom stereocenters. The highest BCUT2D eigenvalue weighted by molar-refractivity contribution is 6.31. The Balaban J connectivity index is 2.60. The van der Waals surface area contributed by atoms with Crippen LogP contribution in [0, 0.1) is 13.8 Å². The Morgan fingerprint density at radius 3 is 2.50 bits per heavy atom. The van der Waals surface area contributed by atoms with E-state index in [1.54, 1.807) is 0 Å². The molecule has 0 saturated heterocycles. The number of hydrogen-bond donors (Lipinski definition) is 1. The number of benzene rings is 1. The van der Waals surface area contributed by atoms with Gasteiger partial charge in [0.05, 0.1) is 22.1 Å². The van der Waals surface area contributed by atoms with Crippen LogP contribution in [-0.4, -0.2) is 16.8 Å². The Hall–Kier alpha value is -1.32. The third-order valence-corrected chi connectivity index (χ3v) is 3.81. The summed E-state index contributed by atoms with van der Waals surface area (Å²) >= 11 is 6.22. The molecule has 0 aliphatic rings. The molecule has 1 heterocycles. The van der Waals surface area contributed by atoms with E-state index < -0.39 is 0 Å². The maximum absolute atomic E-state index is 6.22. The number of hydrogen-bond acceptors (Lipinski definition) is 2. The molecule has 1 aromatic heterocycles. The molecular weight excluding hydrogens is 246 g/mol. The second-order valence-electron chi connectivity index (χ2n) is 4.47. The molecule has 96 valence electrons. The minimum absolute atomic E-state index is 0.267. The van der Waals surface area contributed by atoms with Crippen LogP contribution < -0.4 is 5.32 Å². The van der Waals surface area contributed by atoms with Gasteiger partial charge in [-0.25, -0.2) is 4.68 Å². The van der Waals surface area contributed by atoms with E-state index in [-0.39, 0.29) is 6.04 Å². The molecule has 3 nitrogen and oxygen atoms in total. The topological polar surface area (TPSA) is 29.9 Å². The van der Waals surface area contributed by atoms with E-state index in [4.69, 9.17) is 11.6 Å². The molecule has 1 N–H and O–H groups in total. The van der Waals surface area contributed by atoms with E-state index in [9.17, 15) is 0 Å². The zero-order valence-electron chi connectivity index (χ0n) is 11.2. The van der Waals surface area contributed by atoms with Gasteiger partial charge < -0.3 is 5.32 Å². The maximum Gasteiger partial charge on any atom is 0.0848 e. The van der Waals surface area contributed by atoms with Crippen LogP contribution in [0.5, 0.6) is 0 Å². The van der Waals surface area contributed by atoms with Crippen LogP contribution in [0.3, 0.4) is 0 Å². The van der Waals surface area contributed by atoms with Gasteiger partial charge in [0, 0.05) is 6.04 Å². The summed E-state index contributed by atoms with van der Waals surface area (Å²) in [5.41, 5.74) is 4.13. The number of rotatable bonds is 3. The molecule has 0 saturated carbocycles. The van der Waals surface area contributed by atoms with Gasteiger partial charge in [-0.1, -0.05) is 29.8 Å². The van der Waals surface area contributed by atoms with E-state index in [1.807, 2.05) is 37.7 Å². The van der Waals surface area contributed by atoms with Gasteiger partial charge in [0.15, 0.2) is 0 Å². The second kappa shape index (κ2) is 5.12. The lowest BCUT2D eigenvalue weighted by molar-refractivity contribution is 0.642. The van der Waals surface area contributed by atoms with Crippen LogP contribution >= 0.6 is 11.6 Å². The van der Waals surface area contributed by atoms with Gasteiger partial charge in [0.25, 0.3) is 0 Å². The van der Waals surface area contributed by atoms with Gasteiger partial charge in [0.1, 0.15) is 0 Å². The molecule has 0 amide bonds. The monoisotopic (exact) mass is 263 g/mol. The zero-order valence-corrected chi connectivity index (χ0v) is 11.9. The maximum atomic E-state index is 6.22. The molecule has 0 aliphatic carbocycles. The van der Waals surface area contributed by atoms with E-state index in [0.717, 1.165) is 22.1 Å². The number of halogens is 1. The highest BCUT2D eigenvalue weighted by Gasteiger charge is 2.15. The summed E-state index contributed by atoms with van der Waals surface area (Å²) in [7, 11) is 1.95. The predicted octanol–water partition coefficient (Wildman–Crippen LogP) is 3.42. The third-order valence-electron chi connectivity index (χ3n) is 3.27. The summed E-state index contributed by atoms with van der Waals surface area (Å²) < 4.78 is 1.92. The Morgan fingerprint density at radius 2 is 1.94 bits per heavy atom. The van der Waals surface area contributed by atoms with Crippen molar-refractivity contribution in [2.45, 2.75) is 26.8 Å². The van der Waals surface area contributed by atoms with Gasteiger partial charge in [-0.2, -0.15) is 5.10 Å². The molecule has 1 atom stereocenters. The first-order chi connectivity index (χ1) is 8.56. The number of para-hydroxylation sites is 1. The van der Waals surface area contributed by atoms with Crippen molar-refractivity contribution in [1.82, 2.24) is 15.1 Å². The van der Waals surface area contributed by atoms with Crippen molar-refractivity contribution < 1.29 is 0 Å². The van der Waals surface area contributed by atoms with Crippen LogP contribution in [0.2, 0.25) is 5.02 Å². The Bertz CT molecular complexity index is 560. The first kappa shape index (κ1) is 13.1. The van der Waals surface area contributed by atoms with Crippen LogP contribution in [0.25, 0.3) is 5.69 Å². The third kappa shape index (κ3) is 2.16. The fourth-order valence-corrected chi connectivity index (χ4v) is 2.18.